The zero-order chi connectivity index (χ0) is 18.1. The summed E-state index contributed by atoms with van der Waals surface area (Å²) in [7, 11) is 1.80. The maximum Gasteiger partial charge on any atom is 0.409 e. The van der Waals surface area contributed by atoms with Crippen LogP contribution in [-0.2, 0) is 4.74 Å². The Morgan fingerprint density at radius 2 is 1.69 bits per heavy atom. The lowest BCUT2D eigenvalue weighted by atomic mass is 9.73. The molecule has 1 amide bonds. The van der Waals surface area contributed by atoms with E-state index in [2.05, 4.69) is 24.3 Å². The summed E-state index contributed by atoms with van der Waals surface area (Å²) in [4.78, 5) is 14.4. The van der Waals surface area contributed by atoms with Gasteiger partial charge in [-0.2, -0.15) is 0 Å². The highest BCUT2D eigenvalue weighted by molar-refractivity contribution is 5.79. The lowest BCUT2D eigenvalue weighted by molar-refractivity contribution is 0.00730. The summed E-state index contributed by atoms with van der Waals surface area (Å²) >= 11 is 0. The van der Waals surface area contributed by atoms with Crippen LogP contribution < -0.4 is 0 Å². The van der Waals surface area contributed by atoms with E-state index in [4.69, 9.17) is 4.74 Å². The molecule has 0 heterocycles. The molecule has 136 valence electrons. The van der Waals surface area contributed by atoms with Gasteiger partial charge in [0.1, 0.15) is 6.61 Å². The molecule has 1 fully saturated rings. The minimum absolute atomic E-state index is 0.0786. The highest BCUT2D eigenvalue weighted by Crippen LogP contribution is 2.45. The summed E-state index contributed by atoms with van der Waals surface area (Å²) in [6, 6.07) is 16.7. The normalized spacial score (nSPS) is 17.2. The molecule has 0 bridgehead atoms. The number of carbonyl (C=O) groups excluding carboxylic acids is 1. The van der Waals surface area contributed by atoms with Gasteiger partial charge < -0.3 is 14.7 Å². The number of fused-ring (bicyclic) bond motifs is 3. The van der Waals surface area contributed by atoms with Gasteiger partial charge in [-0.3, -0.25) is 0 Å². The van der Waals surface area contributed by atoms with Crippen LogP contribution in [0.15, 0.2) is 48.5 Å². The van der Waals surface area contributed by atoms with Crippen molar-refractivity contribution in [3.8, 4) is 11.1 Å². The van der Waals surface area contributed by atoms with Crippen LogP contribution in [0.5, 0.6) is 0 Å². The Kier molecular flexibility index (Phi) is 4.45. The van der Waals surface area contributed by atoms with Gasteiger partial charge in [-0.05, 0) is 47.9 Å². The topological polar surface area (TPSA) is 49.8 Å². The van der Waals surface area contributed by atoms with E-state index in [0.29, 0.717) is 13.0 Å². The molecule has 26 heavy (non-hydrogen) atoms. The zero-order valence-electron chi connectivity index (χ0n) is 15.1. The SMILES string of the molecule is CN(C(=O)OCC1c2ccccc2-c2ccccc21)C1(CCO)CCC1. The predicted octanol–water partition coefficient (Wildman–Crippen LogP) is 4.17. The van der Waals surface area contributed by atoms with Crippen LogP contribution in [0.1, 0.15) is 42.7 Å². The van der Waals surface area contributed by atoms with Crippen LogP contribution in [0.25, 0.3) is 11.1 Å². The van der Waals surface area contributed by atoms with E-state index < -0.39 is 0 Å². The van der Waals surface area contributed by atoms with Crippen molar-refractivity contribution in [1.82, 2.24) is 4.90 Å². The third kappa shape index (κ3) is 2.69. The van der Waals surface area contributed by atoms with Crippen molar-refractivity contribution in [2.75, 3.05) is 20.3 Å². The Hall–Kier alpha value is -2.33. The van der Waals surface area contributed by atoms with Crippen molar-refractivity contribution in [1.29, 1.82) is 0 Å². The first-order valence-corrected chi connectivity index (χ1v) is 9.36. The maximum atomic E-state index is 12.7. The molecule has 1 N–H and O–H groups in total. The minimum Gasteiger partial charge on any atom is -0.448 e. The molecule has 0 radical (unpaired) electrons. The van der Waals surface area contributed by atoms with E-state index >= 15 is 0 Å². The number of carbonyl (C=O) groups is 1. The maximum absolute atomic E-state index is 12.7. The average molecular weight is 351 g/mol. The second kappa shape index (κ2) is 6.76. The molecular weight excluding hydrogens is 326 g/mol. The molecule has 2 aromatic carbocycles. The standard InChI is InChI=1S/C22H25NO3/c1-23(22(13-14-24)11-6-12-22)21(25)26-15-20-18-9-4-2-7-16(18)17-8-3-5-10-19(17)20/h2-5,7-10,20,24H,6,11-15H2,1H3. The molecule has 4 nitrogen and oxygen atoms in total. The predicted molar refractivity (Wildman–Crippen MR) is 101 cm³/mol. The number of aliphatic hydroxyl groups excluding tert-OH is 1. The highest BCUT2D eigenvalue weighted by atomic mass is 16.6. The summed E-state index contributed by atoms with van der Waals surface area (Å²) in [6.45, 7) is 0.438. The molecular formula is C22H25NO3. The fourth-order valence-electron chi connectivity index (χ4n) is 4.43. The van der Waals surface area contributed by atoms with E-state index in [0.717, 1.165) is 19.3 Å². The lowest BCUT2D eigenvalue weighted by Gasteiger charge is -2.48. The number of benzene rings is 2. The van der Waals surface area contributed by atoms with Crippen LogP contribution in [-0.4, -0.2) is 41.9 Å². The number of hydrogen-bond donors (Lipinski definition) is 1. The van der Waals surface area contributed by atoms with Crippen molar-refractivity contribution in [3.63, 3.8) is 0 Å². The smallest absolute Gasteiger partial charge is 0.409 e. The Labute approximate surface area is 154 Å². The molecule has 4 heteroatoms. The monoisotopic (exact) mass is 351 g/mol. The second-order valence-corrected chi connectivity index (χ2v) is 7.41. The van der Waals surface area contributed by atoms with E-state index in [1.165, 1.54) is 22.3 Å². The third-order valence-corrected chi connectivity index (χ3v) is 6.18. The van der Waals surface area contributed by atoms with Gasteiger partial charge in [-0.25, -0.2) is 4.79 Å². The molecule has 4 rings (SSSR count). The van der Waals surface area contributed by atoms with Gasteiger partial charge in [0.15, 0.2) is 0 Å². The van der Waals surface area contributed by atoms with Crippen LogP contribution >= 0.6 is 0 Å². The summed E-state index contributed by atoms with van der Waals surface area (Å²) in [5, 5.41) is 9.34. The Morgan fingerprint density at radius 1 is 1.12 bits per heavy atom. The number of amides is 1. The molecule has 0 aliphatic heterocycles. The Balaban J connectivity index is 1.50. The summed E-state index contributed by atoms with van der Waals surface area (Å²) in [5.41, 5.74) is 4.68. The van der Waals surface area contributed by atoms with Crippen LogP contribution in [0.3, 0.4) is 0 Å². The summed E-state index contributed by atoms with van der Waals surface area (Å²) < 4.78 is 5.74. The molecule has 0 spiro atoms. The van der Waals surface area contributed by atoms with E-state index in [1.54, 1.807) is 11.9 Å². The second-order valence-electron chi connectivity index (χ2n) is 7.41. The molecule has 0 atom stereocenters. The van der Waals surface area contributed by atoms with Crippen molar-refractivity contribution in [2.24, 2.45) is 0 Å². The quantitative estimate of drug-likeness (QED) is 0.879. The fraction of sp³-hybridized carbons (Fsp3) is 0.409. The van der Waals surface area contributed by atoms with Gasteiger partial charge in [0, 0.05) is 25.1 Å². The zero-order valence-corrected chi connectivity index (χ0v) is 15.1. The first-order chi connectivity index (χ1) is 12.7. The van der Waals surface area contributed by atoms with E-state index in [-0.39, 0.29) is 24.2 Å². The average Bonchev–Trinajstić information content (AvgIpc) is 2.96. The van der Waals surface area contributed by atoms with Gasteiger partial charge in [0.25, 0.3) is 0 Å². The van der Waals surface area contributed by atoms with Crippen molar-refractivity contribution in [3.05, 3.63) is 59.7 Å². The van der Waals surface area contributed by atoms with Crippen LogP contribution in [0, 0.1) is 0 Å². The number of rotatable bonds is 5. The number of ether oxygens (including phenoxy) is 1. The number of aliphatic hydroxyl groups is 1. The number of nitrogens with zero attached hydrogens (tertiary/aromatic N) is 1. The van der Waals surface area contributed by atoms with E-state index in [9.17, 15) is 9.90 Å². The Bertz CT molecular complexity index is 767. The highest BCUT2D eigenvalue weighted by Gasteiger charge is 2.43. The molecule has 2 aliphatic carbocycles. The van der Waals surface area contributed by atoms with Gasteiger partial charge in [0.2, 0.25) is 0 Å². The molecule has 0 unspecified atom stereocenters. The third-order valence-electron chi connectivity index (χ3n) is 6.18. The largest absolute Gasteiger partial charge is 0.448 e. The van der Waals surface area contributed by atoms with Crippen molar-refractivity contribution >= 4 is 6.09 Å². The van der Waals surface area contributed by atoms with Crippen LogP contribution in [0.4, 0.5) is 4.79 Å². The van der Waals surface area contributed by atoms with Gasteiger partial charge in [0.05, 0.1) is 0 Å². The molecule has 0 saturated heterocycles. The van der Waals surface area contributed by atoms with Crippen LogP contribution in [0.2, 0.25) is 0 Å². The Morgan fingerprint density at radius 3 is 2.19 bits per heavy atom. The molecule has 0 aromatic heterocycles. The minimum atomic E-state index is -0.292. The van der Waals surface area contributed by atoms with Crippen molar-refractivity contribution in [2.45, 2.75) is 37.1 Å². The first kappa shape index (κ1) is 17.1. The molecule has 1 saturated carbocycles. The number of hydrogen-bond acceptors (Lipinski definition) is 3. The lowest BCUT2D eigenvalue weighted by Crippen LogP contribution is -2.55. The van der Waals surface area contributed by atoms with Gasteiger partial charge in [-0.1, -0.05) is 48.5 Å². The fourth-order valence-corrected chi connectivity index (χ4v) is 4.43. The summed E-state index contributed by atoms with van der Waals surface area (Å²) in [5.74, 6) is 0.0786. The van der Waals surface area contributed by atoms with E-state index in [1.807, 2.05) is 24.3 Å². The summed E-state index contributed by atoms with van der Waals surface area (Å²) in [6.07, 6.45) is 3.30. The van der Waals surface area contributed by atoms with Gasteiger partial charge >= 0.3 is 6.09 Å². The molecule has 2 aliphatic rings. The first-order valence-electron chi connectivity index (χ1n) is 9.36. The van der Waals surface area contributed by atoms with Crippen molar-refractivity contribution < 1.29 is 14.6 Å². The molecule has 2 aromatic rings. The van der Waals surface area contributed by atoms with Gasteiger partial charge in [-0.15, -0.1) is 0 Å².